The van der Waals surface area contributed by atoms with E-state index in [1.165, 1.54) is 6.20 Å². The van der Waals surface area contributed by atoms with Crippen LogP contribution in [0.4, 0.5) is 19.1 Å². The van der Waals surface area contributed by atoms with E-state index in [-0.39, 0.29) is 0 Å². The summed E-state index contributed by atoms with van der Waals surface area (Å²) in [6, 6.07) is 0. The third-order valence-corrected chi connectivity index (χ3v) is 3.34. The Morgan fingerprint density at radius 3 is 2.58 bits per heavy atom. The van der Waals surface area contributed by atoms with Crippen molar-refractivity contribution in [3.63, 3.8) is 0 Å². The van der Waals surface area contributed by atoms with Gasteiger partial charge in [-0.25, -0.2) is 15.0 Å². The average Bonchev–Trinajstić information content (AvgIpc) is 2.81. The van der Waals surface area contributed by atoms with Gasteiger partial charge < -0.3 is 5.32 Å². The Labute approximate surface area is 111 Å². The first-order chi connectivity index (χ1) is 8.91. The van der Waals surface area contributed by atoms with Gasteiger partial charge in [0.15, 0.2) is 5.01 Å². The van der Waals surface area contributed by atoms with Crippen LogP contribution in [0.3, 0.4) is 0 Å². The van der Waals surface area contributed by atoms with Crippen molar-refractivity contribution in [1.82, 2.24) is 15.0 Å². The zero-order chi connectivity index (χ0) is 14.0. The molecule has 0 aliphatic carbocycles. The predicted molar refractivity (Wildman–Crippen MR) is 67.0 cm³/mol. The Hall–Kier alpha value is -1.70. The summed E-state index contributed by atoms with van der Waals surface area (Å²) in [5.74, 6) is 0.394. The molecule has 0 bridgehead atoms. The lowest BCUT2D eigenvalue weighted by atomic mass is 10.2. The molecule has 0 saturated heterocycles. The number of anilines is 1. The summed E-state index contributed by atoms with van der Waals surface area (Å²) in [4.78, 5) is 12.0. The van der Waals surface area contributed by atoms with Crippen LogP contribution in [0.25, 0.3) is 10.6 Å². The second kappa shape index (κ2) is 5.12. The average molecular weight is 288 g/mol. The van der Waals surface area contributed by atoms with Gasteiger partial charge >= 0.3 is 6.18 Å². The third kappa shape index (κ3) is 3.01. The molecule has 2 rings (SSSR count). The van der Waals surface area contributed by atoms with Crippen LogP contribution in [0.2, 0.25) is 0 Å². The van der Waals surface area contributed by atoms with E-state index in [1.54, 1.807) is 13.1 Å². The van der Waals surface area contributed by atoms with Crippen LogP contribution in [0.1, 0.15) is 17.5 Å². The number of aromatic nitrogens is 3. The van der Waals surface area contributed by atoms with E-state index in [4.69, 9.17) is 0 Å². The van der Waals surface area contributed by atoms with E-state index in [9.17, 15) is 13.2 Å². The van der Waals surface area contributed by atoms with Crippen LogP contribution in [-0.2, 0) is 6.18 Å². The molecule has 0 radical (unpaired) electrons. The van der Waals surface area contributed by atoms with E-state index in [0.717, 1.165) is 0 Å². The molecule has 0 aromatic carbocycles. The number of aryl methyl sites for hydroxylation is 1. The van der Waals surface area contributed by atoms with E-state index in [0.29, 0.717) is 40.0 Å². The topological polar surface area (TPSA) is 50.7 Å². The maximum atomic E-state index is 12.5. The number of nitrogens with zero attached hydrogens (tertiary/aromatic N) is 3. The predicted octanol–water partition coefficient (Wildman–Crippen LogP) is 3.36. The number of alkyl halides is 3. The standard InChI is InChI=1S/C11H11F3N4S/c1-3-15-10-17-4-6(2)8(18-10)7-5-16-9(19-7)11(12,13)14/h4-5H,3H2,1-2H3,(H,15,17,18). The first-order valence-corrected chi connectivity index (χ1v) is 6.34. The molecule has 0 aliphatic rings. The van der Waals surface area contributed by atoms with Gasteiger partial charge in [-0.05, 0) is 19.4 Å². The zero-order valence-electron chi connectivity index (χ0n) is 10.2. The van der Waals surface area contributed by atoms with Crippen LogP contribution in [0, 0.1) is 6.92 Å². The van der Waals surface area contributed by atoms with Gasteiger partial charge in [0.2, 0.25) is 5.95 Å². The van der Waals surface area contributed by atoms with Crippen LogP contribution >= 0.6 is 11.3 Å². The highest BCUT2D eigenvalue weighted by Gasteiger charge is 2.34. The van der Waals surface area contributed by atoms with Gasteiger partial charge in [0.25, 0.3) is 0 Å². The minimum Gasteiger partial charge on any atom is -0.354 e. The molecular weight excluding hydrogens is 277 g/mol. The SMILES string of the molecule is CCNc1ncc(C)c(-c2cnc(C(F)(F)F)s2)n1. The molecule has 0 unspecified atom stereocenters. The molecule has 4 nitrogen and oxygen atoms in total. The molecule has 2 aromatic heterocycles. The van der Waals surface area contributed by atoms with E-state index < -0.39 is 11.2 Å². The number of nitrogens with one attached hydrogen (secondary N) is 1. The monoisotopic (exact) mass is 288 g/mol. The maximum absolute atomic E-state index is 12.5. The van der Waals surface area contributed by atoms with Crippen LogP contribution in [0.5, 0.6) is 0 Å². The largest absolute Gasteiger partial charge is 0.443 e. The summed E-state index contributed by atoms with van der Waals surface area (Å²) in [5.41, 5.74) is 1.18. The molecule has 0 saturated carbocycles. The fraction of sp³-hybridized carbons (Fsp3) is 0.364. The molecule has 0 amide bonds. The van der Waals surface area contributed by atoms with Crippen LogP contribution < -0.4 is 5.32 Å². The van der Waals surface area contributed by atoms with Crippen LogP contribution in [0.15, 0.2) is 12.4 Å². The van der Waals surface area contributed by atoms with Crippen molar-refractivity contribution in [2.24, 2.45) is 0 Å². The van der Waals surface area contributed by atoms with Crippen molar-refractivity contribution in [2.45, 2.75) is 20.0 Å². The van der Waals surface area contributed by atoms with E-state index in [2.05, 4.69) is 20.3 Å². The van der Waals surface area contributed by atoms with E-state index >= 15 is 0 Å². The van der Waals surface area contributed by atoms with Gasteiger partial charge in [-0.2, -0.15) is 13.2 Å². The molecule has 0 fully saturated rings. The third-order valence-electron chi connectivity index (χ3n) is 2.29. The fourth-order valence-corrected chi connectivity index (χ4v) is 2.29. The Kier molecular flexibility index (Phi) is 3.70. The van der Waals surface area contributed by atoms with E-state index in [1.807, 2.05) is 6.92 Å². The Morgan fingerprint density at radius 2 is 2.00 bits per heavy atom. The minimum absolute atomic E-state index is 0.381. The van der Waals surface area contributed by atoms with Crippen molar-refractivity contribution >= 4 is 17.3 Å². The van der Waals surface area contributed by atoms with Crippen molar-refractivity contribution in [3.05, 3.63) is 23.0 Å². The molecule has 2 heterocycles. The highest BCUT2D eigenvalue weighted by atomic mass is 32.1. The molecule has 19 heavy (non-hydrogen) atoms. The molecular formula is C11H11F3N4S. The molecule has 102 valence electrons. The molecule has 2 aromatic rings. The Morgan fingerprint density at radius 1 is 1.26 bits per heavy atom. The van der Waals surface area contributed by atoms with Crippen molar-refractivity contribution in [3.8, 4) is 10.6 Å². The fourth-order valence-electron chi connectivity index (χ4n) is 1.45. The second-order valence-corrected chi connectivity index (χ2v) is 4.81. The number of thiazole rings is 1. The summed E-state index contributed by atoms with van der Waals surface area (Å²) < 4.78 is 37.6. The normalized spacial score (nSPS) is 11.6. The molecule has 8 heteroatoms. The minimum atomic E-state index is -4.42. The Balaban J connectivity index is 2.41. The lowest BCUT2D eigenvalue weighted by molar-refractivity contribution is -0.137. The first kappa shape index (κ1) is 13.7. The Bertz CT molecular complexity index is 580. The smallest absolute Gasteiger partial charge is 0.354 e. The van der Waals surface area contributed by atoms with Crippen molar-refractivity contribution < 1.29 is 13.2 Å². The molecule has 0 spiro atoms. The lowest BCUT2D eigenvalue weighted by Crippen LogP contribution is -2.03. The summed E-state index contributed by atoms with van der Waals surface area (Å²) in [7, 11) is 0. The van der Waals surface area contributed by atoms with Gasteiger partial charge in [-0.3, -0.25) is 0 Å². The molecule has 0 atom stereocenters. The highest BCUT2D eigenvalue weighted by molar-refractivity contribution is 7.15. The van der Waals surface area contributed by atoms with Gasteiger partial charge in [-0.15, -0.1) is 11.3 Å². The zero-order valence-corrected chi connectivity index (χ0v) is 11.1. The summed E-state index contributed by atoms with van der Waals surface area (Å²) in [6.45, 7) is 4.27. The van der Waals surface area contributed by atoms with Crippen molar-refractivity contribution in [2.75, 3.05) is 11.9 Å². The number of hydrogen-bond donors (Lipinski definition) is 1. The van der Waals surface area contributed by atoms with Gasteiger partial charge in [0, 0.05) is 18.9 Å². The van der Waals surface area contributed by atoms with Crippen LogP contribution in [-0.4, -0.2) is 21.5 Å². The summed E-state index contributed by atoms with van der Waals surface area (Å²) in [5, 5.41) is 2.05. The first-order valence-electron chi connectivity index (χ1n) is 5.52. The molecule has 0 aliphatic heterocycles. The van der Waals surface area contributed by atoms with Gasteiger partial charge in [-0.1, -0.05) is 0 Å². The van der Waals surface area contributed by atoms with Gasteiger partial charge in [0.1, 0.15) is 0 Å². The highest BCUT2D eigenvalue weighted by Crippen LogP contribution is 2.36. The second-order valence-electron chi connectivity index (χ2n) is 3.78. The number of hydrogen-bond acceptors (Lipinski definition) is 5. The summed E-state index contributed by atoms with van der Waals surface area (Å²) >= 11 is 0.580. The van der Waals surface area contributed by atoms with Gasteiger partial charge in [0.05, 0.1) is 10.6 Å². The number of rotatable bonds is 3. The lowest BCUT2D eigenvalue weighted by Gasteiger charge is -2.05. The van der Waals surface area contributed by atoms with Crippen molar-refractivity contribution in [1.29, 1.82) is 0 Å². The molecule has 1 N–H and O–H groups in total. The quantitative estimate of drug-likeness (QED) is 0.941. The summed E-state index contributed by atoms with van der Waals surface area (Å²) in [6.07, 6.45) is -1.65. The number of halogens is 3. The maximum Gasteiger partial charge on any atom is 0.443 e.